The minimum Gasteiger partial charge on any atom is -0.465 e. The summed E-state index contributed by atoms with van der Waals surface area (Å²) in [6.45, 7) is 2.30. The molecule has 0 spiro atoms. The van der Waals surface area contributed by atoms with E-state index in [0.717, 1.165) is 21.3 Å². The number of fused-ring (bicyclic) bond motifs is 1. The lowest BCUT2D eigenvalue weighted by atomic mass is 10.1. The molecule has 6 nitrogen and oxygen atoms in total. The van der Waals surface area contributed by atoms with Gasteiger partial charge in [0.1, 0.15) is 0 Å². The molecule has 4 aromatic rings. The van der Waals surface area contributed by atoms with Crippen molar-refractivity contribution in [2.75, 3.05) is 12.0 Å². The normalized spacial score (nSPS) is 10.7. The van der Waals surface area contributed by atoms with Gasteiger partial charge >= 0.3 is 5.97 Å². The largest absolute Gasteiger partial charge is 0.465 e. The molecule has 0 atom stereocenters. The van der Waals surface area contributed by atoms with Crippen LogP contribution >= 0.6 is 11.3 Å². The third kappa shape index (κ3) is 3.92. The average Bonchev–Trinajstić information content (AvgIpc) is 3.20. The number of aryl methyl sites for hydroxylation is 1. The maximum atomic E-state index is 13.6. The first-order valence-electron chi connectivity index (χ1n) is 9.32. The molecule has 2 heterocycles. The highest BCUT2D eigenvalue weighted by atomic mass is 32.1. The summed E-state index contributed by atoms with van der Waals surface area (Å²) in [5, 5.41) is 0.559. The molecular formula is C23H19N3O3S. The zero-order valence-electron chi connectivity index (χ0n) is 16.5. The van der Waals surface area contributed by atoms with Gasteiger partial charge < -0.3 is 4.74 Å². The topological polar surface area (TPSA) is 72.4 Å². The number of aromatic nitrogens is 2. The number of esters is 1. The molecule has 0 saturated heterocycles. The van der Waals surface area contributed by atoms with Crippen molar-refractivity contribution in [2.45, 2.75) is 13.5 Å². The zero-order valence-corrected chi connectivity index (χ0v) is 17.3. The predicted molar refractivity (Wildman–Crippen MR) is 117 cm³/mol. The minimum atomic E-state index is -0.555. The van der Waals surface area contributed by atoms with Gasteiger partial charge in [0.25, 0.3) is 5.91 Å². The predicted octanol–water partition coefficient (Wildman–Crippen LogP) is 4.63. The van der Waals surface area contributed by atoms with Crippen LogP contribution in [0.15, 0.2) is 67.0 Å². The van der Waals surface area contributed by atoms with Crippen molar-refractivity contribution in [3.8, 4) is 0 Å². The summed E-state index contributed by atoms with van der Waals surface area (Å²) in [4.78, 5) is 36.2. The highest BCUT2D eigenvalue weighted by molar-refractivity contribution is 7.22. The molecule has 30 heavy (non-hydrogen) atoms. The van der Waals surface area contributed by atoms with Crippen molar-refractivity contribution >= 4 is 38.6 Å². The second kappa shape index (κ2) is 8.42. The Morgan fingerprint density at radius 3 is 2.60 bits per heavy atom. The number of ether oxygens (including phenoxy) is 1. The lowest BCUT2D eigenvalue weighted by molar-refractivity contribution is 0.0597. The Morgan fingerprint density at radius 1 is 1.07 bits per heavy atom. The van der Waals surface area contributed by atoms with Crippen LogP contribution in [0.5, 0.6) is 0 Å². The Balaban J connectivity index is 1.81. The van der Waals surface area contributed by atoms with Gasteiger partial charge in [-0.2, -0.15) is 0 Å². The molecule has 0 saturated carbocycles. The Labute approximate surface area is 177 Å². The molecule has 1 amide bonds. The zero-order chi connectivity index (χ0) is 21.1. The van der Waals surface area contributed by atoms with Crippen molar-refractivity contribution in [3.05, 3.63) is 89.2 Å². The van der Waals surface area contributed by atoms with E-state index >= 15 is 0 Å². The monoisotopic (exact) mass is 417 g/mol. The number of rotatable bonds is 5. The van der Waals surface area contributed by atoms with E-state index in [0.29, 0.717) is 5.13 Å². The molecule has 0 radical (unpaired) electrons. The molecule has 0 unspecified atom stereocenters. The molecule has 4 rings (SSSR count). The summed E-state index contributed by atoms with van der Waals surface area (Å²) in [5.41, 5.74) is 3.29. The van der Waals surface area contributed by atoms with E-state index in [4.69, 9.17) is 4.74 Å². The molecule has 0 N–H and O–H groups in total. The van der Waals surface area contributed by atoms with Crippen molar-refractivity contribution in [2.24, 2.45) is 0 Å². The summed E-state index contributed by atoms with van der Waals surface area (Å²) < 4.78 is 5.85. The smallest absolute Gasteiger partial charge is 0.338 e. The van der Waals surface area contributed by atoms with Crippen molar-refractivity contribution in [1.29, 1.82) is 0 Å². The number of amides is 1. The first-order valence-corrected chi connectivity index (χ1v) is 10.1. The third-order valence-electron chi connectivity index (χ3n) is 4.63. The summed E-state index contributed by atoms with van der Waals surface area (Å²) in [6.07, 6.45) is 3.40. The van der Waals surface area contributed by atoms with E-state index in [9.17, 15) is 9.59 Å². The Morgan fingerprint density at radius 2 is 1.87 bits per heavy atom. The standard InChI is InChI=1S/C23H19N3O3S/c1-15-9-10-19-20(12-15)30-23(25-19)26(14-16-6-5-11-24-13-16)21(27)17-7-3-4-8-18(17)22(28)29-2/h3-13H,14H2,1-2H3. The van der Waals surface area contributed by atoms with Crippen LogP contribution in [0.1, 0.15) is 31.8 Å². The first-order chi connectivity index (χ1) is 14.6. The number of hydrogen-bond acceptors (Lipinski definition) is 6. The van der Waals surface area contributed by atoms with Crippen molar-refractivity contribution in [1.82, 2.24) is 9.97 Å². The Hall–Kier alpha value is -3.58. The van der Waals surface area contributed by atoms with Crippen LogP contribution in [0.4, 0.5) is 5.13 Å². The molecule has 0 aliphatic heterocycles. The van der Waals surface area contributed by atoms with Crippen LogP contribution in [-0.4, -0.2) is 29.0 Å². The summed E-state index contributed by atoms with van der Waals surface area (Å²) in [5.74, 6) is -0.879. The van der Waals surface area contributed by atoms with Crippen LogP contribution in [0.25, 0.3) is 10.2 Å². The Kier molecular flexibility index (Phi) is 5.54. The number of benzene rings is 2. The summed E-state index contributed by atoms with van der Waals surface area (Å²) in [6, 6.07) is 16.3. The van der Waals surface area contributed by atoms with Gasteiger partial charge in [0.2, 0.25) is 0 Å². The van der Waals surface area contributed by atoms with E-state index in [1.165, 1.54) is 18.4 Å². The van der Waals surface area contributed by atoms with E-state index in [1.54, 1.807) is 41.6 Å². The molecule has 0 aliphatic rings. The van der Waals surface area contributed by atoms with E-state index in [1.807, 2.05) is 37.3 Å². The van der Waals surface area contributed by atoms with Crippen LogP contribution in [0, 0.1) is 6.92 Å². The van der Waals surface area contributed by atoms with Crippen LogP contribution in [0.3, 0.4) is 0 Å². The molecule has 7 heteroatoms. The molecule has 2 aromatic carbocycles. The summed E-state index contributed by atoms with van der Waals surface area (Å²) >= 11 is 1.44. The number of hydrogen-bond donors (Lipinski definition) is 0. The van der Waals surface area contributed by atoms with Crippen molar-refractivity contribution in [3.63, 3.8) is 0 Å². The summed E-state index contributed by atoms with van der Waals surface area (Å²) in [7, 11) is 1.30. The van der Waals surface area contributed by atoms with Gasteiger partial charge in [-0.15, -0.1) is 0 Å². The molecular weight excluding hydrogens is 398 g/mol. The minimum absolute atomic E-state index is 0.221. The van der Waals surface area contributed by atoms with Gasteiger partial charge in [0.15, 0.2) is 5.13 Å². The van der Waals surface area contributed by atoms with Gasteiger partial charge in [-0.3, -0.25) is 14.7 Å². The maximum Gasteiger partial charge on any atom is 0.338 e. The number of carbonyl (C=O) groups is 2. The third-order valence-corrected chi connectivity index (χ3v) is 5.68. The number of carbonyl (C=O) groups excluding carboxylic acids is 2. The fourth-order valence-corrected chi connectivity index (χ4v) is 4.20. The number of thiazole rings is 1. The van der Waals surface area contributed by atoms with E-state index < -0.39 is 5.97 Å². The average molecular weight is 417 g/mol. The van der Waals surface area contributed by atoms with Crippen LogP contribution < -0.4 is 4.90 Å². The molecule has 0 aliphatic carbocycles. The fraction of sp³-hybridized carbons (Fsp3) is 0.130. The second-order valence-corrected chi connectivity index (χ2v) is 7.77. The lowest BCUT2D eigenvalue weighted by Gasteiger charge is -2.21. The van der Waals surface area contributed by atoms with E-state index in [2.05, 4.69) is 9.97 Å². The molecule has 2 aromatic heterocycles. The van der Waals surface area contributed by atoms with Crippen LogP contribution in [0.2, 0.25) is 0 Å². The van der Waals surface area contributed by atoms with E-state index in [-0.39, 0.29) is 23.6 Å². The molecule has 0 fully saturated rings. The fourth-order valence-electron chi connectivity index (χ4n) is 3.14. The maximum absolute atomic E-state index is 13.6. The highest BCUT2D eigenvalue weighted by Crippen LogP contribution is 2.32. The number of anilines is 1. The van der Waals surface area contributed by atoms with Gasteiger partial charge in [-0.1, -0.05) is 35.6 Å². The van der Waals surface area contributed by atoms with Gasteiger partial charge in [-0.05, 0) is 48.4 Å². The highest BCUT2D eigenvalue weighted by Gasteiger charge is 2.26. The molecule has 150 valence electrons. The number of pyridine rings is 1. The Bertz CT molecular complexity index is 1220. The first kappa shape index (κ1) is 19.7. The number of methoxy groups -OCH3 is 1. The number of nitrogens with zero attached hydrogens (tertiary/aromatic N) is 3. The molecule has 0 bridgehead atoms. The second-order valence-electron chi connectivity index (χ2n) is 6.76. The lowest BCUT2D eigenvalue weighted by Crippen LogP contribution is -2.31. The van der Waals surface area contributed by atoms with Gasteiger partial charge in [0.05, 0.1) is 35.0 Å². The van der Waals surface area contributed by atoms with Gasteiger partial charge in [-0.25, -0.2) is 9.78 Å². The van der Waals surface area contributed by atoms with Gasteiger partial charge in [0, 0.05) is 12.4 Å². The van der Waals surface area contributed by atoms with Crippen molar-refractivity contribution < 1.29 is 14.3 Å². The quantitative estimate of drug-likeness (QED) is 0.443. The van der Waals surface area contributed by atoms with Crippen LogP contribution in [-0.2, 0) is 11.3 Å². The SMILES string of the molecule is COC(=O)c1ccccc1C(=O)N(Cc1cccnc1)c1nc2ccc(C)cc2s1.